The summed E-state index contributed by atoms with van der Waals surface area (Å²) in [4.78, 5) is 12.7. The van der Waals surface area contributed by atoms with Crippen molar-refractivity contribution in [1.82, 2.24) is 9.49 Å². The fourth-order valence-corrected chi connectivity index (χ4v) is 3.39. The van der Waals surface area contributed by atoms with Gasteiger partial charge in [0.2, 0.25) is 0 Å². The van der Waals surface area contributed by atoms with Gasteiger partial charge in [-0.25, -0.2) is 5.01 Å². The molecule has 0 spiro atoms. The van der Waals surface area contributed by atoms with Crippen LogP contribution in [0.1, 0.15) is 39.0 Å². The molecule has 0 saturated heterocycles. The molecule has 0 bridgehead atoms. The zero-order chi connectivity index (χ0) is 18.0. The molecule has 1 amide bonds. The van der Waals surface area contributed by atoms with Crippen molar-refractivity contribution in [2.45, 2.75) is 51.1 Å². The van der Waals surface area contributed by atoms with Gasteiger partial charge in [-0.2, -0.15) is 15.3 Å². The number of azo groups is 1. The quantitative estimate of drug-likeness (QED) is 0.605. The first kappa shape index (κ1) is 17.7. The van der Waals surface area contributed by atoms with Gasteiger partial charge in [0.25, 0.3) is 5.91 Å². The van der Waals surface area contributed by atoms with Gasteiger partial charge in [0.15, 0.2) is 6.04 Å². The molecule has 0 N–H and O–H groups in total. The zero-order valence-electron chi connectivity index (χ0n) is 15.6. The molecule has 3 rings (SSSR count). The van der Waals surface area contributed by atoms with E-state index in [2.05, 4.69) is 42.5 Å². The van der Waals surface area contributed by atoms with Crippen LogP contribution in [-0.2, 0) is 4.79 Å². The maximum Gasteiger partial charge on any atom is 0.275 e. The molecule has 1 aromatic carbocycles. The summed E-state index contributed by atoms with van der Waals surface area (Å²) in [5.41, 5.74) is 2.65. The molecule has 6 heteroatoms. The van der Waals surface area contributed by atoms with Crippen LogP contribution >= 0.6 is 0 Å². The number of quaternary nitrogens is 1. The Morgan fingerprint density at radius 1 is 1.16 bits per heavy atom. The van der Waals surface area contributed by atoms with Crippen LogP contribution in [0.4, 0.5) is 11.4 Å². The van der Waals surface area contributed by atoms with E-state index in [1.807, 2.05) is 25.1 Å². The maximum absolute atomic E-state index is 12.7. The number of benzene rings is 1. The predicted molar refractivity (Wildman–Crippen MR) is 101 cm³/mol. The minimum absolute atomic E-state index is 0.0316. The monoisotopic (exact) mass is 342 g/mol. The van der Waals surface area contributed by atoms with E-state index >= 15 is 0 Å². The smallest absolute Gasteiger partial charge is 0.275 e. The van der Waals surface area contributed by atoms with Crippen LogP contribution in [-0.4, -0.2) is 49.9 Å². The number of rotatable bonds is 4. The van der Waals surface area contributed by atoms with E-state index in [9.17, 15) is 4.79 Å². The normalized spacial score (nSPS) is 22.7. The van der Waals surface area contributed by atoms with Gasteiger partial charge < -0.3 is 0 Å². The molecule has 1 aliphatic heterocycles. The molecule has 0 unspecified atom stereocenters. The highest BCUT2D eigenvalue weighted by Gasteiger charge is 2.38. The Labute approximate surface area is 149 Å². The lowest BCUT2D eigenvalue weighted by atomic mass is 9.95. The van der Waals surface area contributed by atoms with Gasteiger partial charge in [-0.3, -0.25) is 9.28 Å². The van der Waals surface area contributed by atoms with Gasteiger partial charge in [0, 0.05) is 6.07 Å². The van der Waals surface area contributed by atoms with Gasteiger partial charge >= 0.3 is 0 Å². The molecule has 1 aromatic rings. The third kappa shape index (κ3) is 3.95. The molecule has 0 radical (unpaired) electrons. The number of hydrogen-bond acceptors (Lipinski definition) is 4. The summed E-state index contributed by atoms with van der Waals surface area (Å²) in [6.07, 6.45) is 5.68. The van der Waals surface area contributed by atoms with Crippen molar-refractivity contribution >= 4 is 23.0 Å². The average Bonchev–Trinajstić information content (AvgIpc) is 2.88. The van der Waals surface area contributed by atoms with Crippen LogP contribution < -0.4 is 4.48 Å². The topological polar surface area (TPSA) is 57.4 Å². The summed E-state index contributed by atoms with van der Waals surface area (Å²) in [5.74, 6) is -0.0316. The Morgan fingerprint density at radius 2 is 1.88 bits per heavy atom. The van der Waals surface area contributed by atoms with Crippen molar-refractivity contribution in [2.24, 2.45) is 15.3 Å². The highest BCUT2D eigenvalue weighted by molar-refractivity contribution is 6.10. The van der Waals surface area contributed by atoms with E-state index < -0.39 is 6.04 Å². The lowest BCUT2D eigenvalue weighted by molar-refractivity contribution is -0.132. The summed E-state index contributed by atoms with van der Waals surface area (Å²) in [5, 5.41) is 14.8. The van der Waals surface area contributed by atoms with E-state index in [4.69, 9.17) is 0 Å². The Hall–Kier alpha value is -2.08. The van der Waals surface area contributed by atoms with Crippen molar-refractivity contribution in [1.29, 1.82) is 0 Å². The van der Waals surface area contributed by atoms with Crippen molar-refractivity contribution in [3.8, 4) is 0 Å². The van der Waals surface area contributed by atoms with Crippen LogP contribution in [0.3, 0.4) is 0 Å². The summed E-state index contributed by atoms with van der Waals surface area (Å²) >= 11 is 0. The molecule has 1 fully saturated rings. The van der Waals surface area contributed by atoms with Crippen LogP contribution in [0.5, 0.6) is 0 Å². The molecule has 1 heterocycles. The van der Waals surface area contributed by atoms with E-state index in [1.165, 1.54) is 19.3 Å². The minimum atomic E-state index is -0.574. The molecule has 1 aliphatic carbocycles. The van der Waals surface area contributed by atoms with E-state index in [0.717, 1.165) is 29.9 Å². The highest BCUT2D eigenvalue weighted by Crippen LogP contribution is 2.28. The maximum atomic E-state index is 12.7. The minimum Gasteiger partial charge on any atom is -0.298 e. The van der Waals surface area contributed by atoms with Crippen LogP contribution in [0.2, 0.25) is 0 Å². The third-order valence-electron chi connectivity index (χ3n) is 4.93. The molecular formula is C19H28N5O+. The number of carbonyl (C=O) groups is 1. The summed E-state index contributed by atoms with van der Waals surface area (Å²) < 4.78 is 0.710. The van der Waals surface area contributed by atoms with Crippen molar-refractivity contribution in [3.05, 3.63) is 24.3 Å². The SMILES string of the molecule is CC1=NN(C2CCCCC2)C(=O)[C@H]1N=Nc1cccc([N+](C)(C)C)c1. The van der Waals surface area contributed by atoms with Gasteiger partial charge in [-0.05, 0) is 31.9 Å². The van der Waals surface area contributed by atoms with Gasteiger partial charge in [-0.15, -0.1) is 0 Å². The standard InChI is InChI=1S/C19H28N5O/c1-14-18(19(25)23(22-14)16-10-6-5-7-11-16)21-20-15-9-8-12-17(13-15)24(2,3)4/h8-9,12-13,16,18H,5-7,10-11H2,1-4H3/q+1/t18-/m0/s1. The first-order chi connectivity index (χ1) is 11.9. The van der Waals surface area contributed by atoms with E-state index in [1.54, 1.807) is 5.01 Å². The third-order valence-corrected chi connectivity index (χ3v) is 4.93. The number of carbonyl (C=O) groups excluding carboxylic acids is 1. The van der Waals surface area contributed by atoms with Gasteiger partial charge in [0.05, 0.1) is 38.6 Å². The second-order valence-corrected chi connectivity index (χ2v) is 7.87. The Kier molecular flexibility index (Phi) is 4.99. The number of hydrazone groups is 1. The van der Waals surface area contributed by atoms with E-state index in [-0.39, 0.29) is 11.9 Å². The molecule has 134 valence electrons. The van der Waals surface area contributed by atoms with Gasteiger partial charge in [-0.1, -0.05) is 25.3 Å². The highest BCUT2D eigenvalue weighted by atomic mass is 16.2. The summed E-state index contributed by atoms with van der Waals surface area (Å²) in [7, 11) is 6.32. The Balaban J connectivity index is 1.74. The number of amides is 1. The predicted octanol–water partition coefficient (Wildman–Crippen LogP) is 3.89. The molecule has 25 heavy (non-hydrogen) atoms. The molecule has 2 aliphatic rings. The summed E-state index contributed by atoms with van der Waals surface area (Å²) in [6, 6.07) is 7.62. The summed E-state index contributed by atoms with van der Waals surface area (Å²) in [6.45, 7) is 1.87. The van der Waals surface area contributed by atoms with Crippen molar-refractivity contribution in [3.63, 3.8) is 0 Å². The molecular weight excluding hydrogens is 314 g/mol. The van der Waals surface area contributed by atoms with Crippen LogP contribution in [0, 0.1) is 0 Å². The lowest BCUT2D eigenvalue weighted by Crippen LogP contribution is -2.38. The second kappa shape index (κ2) is 7.04. The Bertz CT molecular complexity index is 698. The number of nitrogens with zero attached hydrogens (tertiary/aromatic N) is 5. The first-order valence-electron chi connectivity index (χ1n) is 9.07. The van der Waals surface area contributed by atoms with Crippen LogP contribution in [0.25, 0.3) is 0 Å². The second-order valence-electron chi connectivity index (χ2n) is 7.87. The fourth-order valence-electron chi connectivity index (χ4n) is 3.39. The molecule has 1 atom stereocenters. The largest absolute Gasteiger partial charge is 0.298 e. The van der Waals surface area contributed by atoms with Crippen molar-refractivity contribution < 1.29 is 4.79 Å². The van der Waals surface area contributed by atoms with Gasteiger partial charge in [0.1, 0.15) is 5.69 Å². The molecule has 0 aromatic heterocycles. The van der Waals surface area contributed by atoms with Crippen LogP contribution in [0.15, 0.2) is 39.6 Å². The van der Waals surface area contributed by atoms with Crippen molar-refractivity contribution in [2.75, 3.05) is 21.1 Å². The fraction of sp³-hybridized carbons (Fsp3) is 0.579. The first-order valence-corrected chi connectivity index (χ1v) is 9.07. The lowest BCUT2D eigenvalue weighted by Gasteiger charge is -2.28. The van der Waals surface area contributed by atoms with E-state index in [0.29, 0.717) is 4.48 Å². The molecule has 1 saturated carbocycles. The Morgan fingerprint density at radius 3 is 2.56 bits per heavy atom. The zero-order valence-corrected chi connectivity index (χ0v) is 15.6. The molecule has 6 nitrogen and oxygen atoms in total. The average molecular weight is 342 g/mol. The number of hydrogen-bond donors (Lipinski definition) is 0.